The molecule has 1 aromatic heterocycles. The maximum atomic E-state index is 6.20. The van der Waals surface area contributed by atoms with E-state index in [2.05, 4.69) is 73.7 Å². The van der Waals surface area contributed by atoms with Crippen molar-refractivity contribution in [3.63, 3.8) is 0 Å². The third-order valence-corrected chi connectivity index (χ3v) is 6.17. The van der Waals surface area contributed by atoms with Gasteiger partial charge in [0.15, 0.2) is 0 Å². The molecule has 1 heterocycles. The maximum absolute atomic E-state index is 6.20. The molecule has 112 valence electrons. The Morgan fingerprint density at radius 3 is 2.22 bits per heavy atom. The summed E-state index contributed by atoms with van der Waals surface area (Å²) in [4.78, 5) is 0. The molecule has 0 unspecified atom stereocenters. The van der Waals surface area contributed by atoms with Gasteiger partial charge in [-0.2, -0.15) is 0 Å². The van der Waals surface area contributed by atoms with Crippen LogP contribution in [0.5, 0.6) is 0 Å². The van der Waals surface area contributed by atoms with E-state index >= 15 is 0 Å². The Hall–Kier alpha value is -2.28. The Morgan fingerprint density at radius 1 is 0.739 bits per heavy atom. The van der Waals surface area contributed by atoms with Gasteiger partial charge in [0.05, 0.1) is 0 Å². The van der Waals surface area contributed by atoms with Crippen LogP contribution < -0.4 is 8.92 Å². The van der Waals surface area contributed by atoms with Crippen LogP contribution in [0, 0.1) is 6.92 Å². The molecule has 0 fully saturated rings. The predicted octanol–water partition coefficient (Wildman–Crippen LogP) is 4.06. The molecule has 0 aliphatic rings. The number of hydrogen-bond acceptors (Lipinski definition) is 1. The van der Waals surface area contributed by atoms with Crippen molar-refractivity contribution in [2.75, 3.05) is 0 Å². The molecule has 0 radical (unpaired) electrons. The molecule has 0 spiro atoms. The van der Waals surface area contributed by atoms with Gasteiger partial charge in [0.2, 0.25) is 0 Å². The molecule has 0 atom stereocenters. The Balaban J connectivity index is 1.87. The predicted molar refractivity (Wildman–Crippen MR) is 97.9 cm³/mol. The summed E-state index contributed by atoms with van der Waals surface area (Å²) < 4.78 is 8.89. The van der Waals surface area contributed by atoms with Gasteiger partial charge in [-0.25, -0.2) is 0 Å². The first-order valence-corrected chi connectivity index (χ1v) is 9.34. The van der Waals surface area contributed by atoms with Gasteiger partial charge in [0.1, 0.15) is 0 Å². The summed E-state index contributed by atoms with van der Waals surface area (Å²) in [6, 6.07) is 27.5. The van der Waals surface area contributed by atoms with Crippen LogP contribution in [0.25, 0.3) is 22.3 Å². The topological polar surface area (TPSA) is 13.1 Å². The van der Waals surface area contributed by atoms with Crippen LogP contribution in [0.2, 0.25) is 0 Å². The third-order valence-electron chi connectivity index (χ3n) is 3.83. The van der Waals surface area contributed by atoms with Gasteiger partial charge in [-0.3, -0.25) is 0 Å². The molecule has 23 heavy (non-hydrogen) atoms. The van der Waals surface area contributed by atoms with Crippen LogP contribution in [0.1, 0.15) is 5.56 Å². The molecule has 0 saturated heterocycles. The number of para-hydroxylation sites is 1. The normalized spacial score (nSPS) is 11.0. The Kier molecular flexibility index (Phi) is 3.78. The number of fused-ring (bicyclic) bond motifs is 1. The second-order valence-corrected chi connectivity index (χ2v) is 7.81. The van der Waals surface area contributed by atoms with Crippen molar-refractivity contribution in [2.45, 2.75) is 6.92 Å². The average Bonchev–Trinajstić information content (AvgIpc) is 2.96. The van der Waals surface area contributed by atoms with Gasteiger partial charge >= 0.3 is 142 Å². The summed E-state index contributed by atoms with van der Waals surface area (Å²) in [5.41, 5.74) is 3.41. The zero-order valence-corrected chi connectivity index (χ0v) is 14.5. The molecule has 0 N–H and O–H groups in total. The molecule has 0 bridgehead atoms. The fourth-order valence-corrected chi connectivity index (χ4v) is 4.81. The van der Waals surface area contributed by atoms with Crippen molar-refractivity contribution >= 4 is 34.8 Å². The third kappa shape index (κ3) is 2.84. The molecular formula is C21H16OSe. The Labute approximate surface area is 142 Å². The van der Waals surface area contributed by atoms with Gasteiger partial charge in [-0.05, 0) is 0 Å². The number of benzene rings is 3. The van der Waals surface area contributed by atoms with Crippen molar-refractivity contribution in [3.05, 3.63) is 84.4 Å². The van der Waals surface area contributed by atoms with Crippen molar-refractivity contribution < 1.29 is 4.42 Å². The van der Waals surface area contributed by atoms with E-state index in [1.165, 1.54) is 19.9 Å². The summed E-state index contributed by atoms with van der Waals surface area (Å²) in [5, 5.41) is 1.23. The van der Waals surface area contributed by atoms with E-state index in [1.807, 2.05) is 12.1 Å². The second-order valence-electron chi connectivity index (χ2n) is 5.54. The van der Waals surface area contributed by atoms with E-state index < -0.39 is 0 Å². The molecule has 0 aliphatic carbocycles. The molecule has 4 rings (SSSR count). The van der Waals surface area contributed by atoms with Crippen molar-refractivity contribution in [1.29, 1.82) is 0 Å². The number of aryl methyl sites for hydroxylation is 1. The van der Waals surface area contributed by atoms with Gasteiger partial charge in [0.25, 0.3) is 0 Å². The van der Waals surface area contributed by atoms with E-state index in [0.29, 0.717) is 0 Å². The van der Waals surface area contributed by atoms with E-state index in [-0.39, 0.29) is 15.0 Å². The van der Waals surface area contributed by atoms with Gasteiger partial charge in [-0.1, -0.05) is 0 Å². The quantitative estimate of drug-likeness (QED) is 0.500. The van der Waals surface area contributed by atoms with Crippen LogP contribution in [0.3, 0.4) is 0 Å². The summed E-state index contributed by atoms with van der Waals surface area (Å²) in [5.74, 6) is 1.01. The molecule has 3 aromatic carbocycles. The van der Waals surface area contributed by atoms with Gasteiger partial charge < -0.3 is 0 Å². The SMILES string of the molecule is Cc1ccc([Se]c2c(-c3ccccc3)oc3ccccc23)cc1. The Morgan fingerprint density at radius 2 is 1.43 bits per heavy atom. The standard InChI is InChI=1S/C21H16OSe/c1-15-11-13-17(14-12-15)23-21-18-9-5-6-10-19(18)22-20(21)16-7-3-2-4-8-16/h2-14H,1H3. The summed E-state index contributed by atoms with van der Waals surface area (Å²) in [6.07, 6.45) is 0. The van der Waals surface area contributed by atoms with Crippen LogP contribution in [-0.2, 0) is 0 Å². The fraction of sp³-hybridized carbons (Fsp3) is 0.0476. The van der Waals surface area contributed by atoms with Crippen molar-refractivity contribution in [1.82, 2.24) is 0 Å². The minimum atomic E-state index is 0.214. The molecule has 0 amide bonds. The molecule has 2 heteroatoms. The monoisotopic (exact) mass is 364 g/mol. The molecule has 4 aromatic rings. The van der Waals surface area contributed by atoms with Crippen LogP contribution >= 0.6 is 0 Å². The van der Waals surface area contributed by atoms with Gasteiger partial charge in [0, 0.05) is 0 Å². The molecule has 1 nitrogen and oxygen atoms in total. The first-order valence-electron chi connectivity index (χ1n) is 7.63. The summed E-state index contributed by atoms with van der Waals surface area (Å²) in [7, 11) is 0. The molecular weight excluding hydrogens is 347 g/mol. The van der Waals surface area contributed by atoms with Crippen LogP contribution in [0.15, 0.2) is 83.3 Å². The fourth-order valence-electron chi connectivity index (χ4n) is 2.63. The zero-order chi connectivity index (χ0) is 15.6. The van der Waals surface area contributed by atoms with Crippen molar-refractivity contribution in [3.8, 4) is 11.3 Å². The second kappa shape index (κ2) is 6.08. The average molecular weight is 363 g/mol. The number of rotatable bonds is 3. The number of hydrogen-bond donors (Lipinski definition) is 0. The molecule has 0 aliphatic heterocycles. The molecule has 0 saturated carbocycles. The minimum absolute atomic E-state index is 0.214. The summed E-state index contributed by atoms with van der Waals surface area (Å²) >= 11 is 0.214. The zero-order valence-electron chi connectivity index (χ0n) is 12.8. The first-order chi connectivity index (χ1) is 11.3. The Bertz CT molecular complexity index is 937. The van der Waals surface area contributed by atoms with E-state index in [9.17, 15) is 0 Å². The van der Waals surface area contributed by atoms with Crippen LogP contribution in [-0.4, -0.2) is 15.0 Å². The summed E-state index contributed by atoms with van der Waals surface area (Å²) in [6.45, 7) is 2.12. The van der Waals surface area contributed by atoms with Crippen molar-refractivity contribution in [2.24, 2.45) is 0 Å². The van der Waals surface area contributed by atoms with E-state index in [0.717, 1.165) is 16.9 Å². The number of furan rings is 1. The van der Waals surface area contributed by atoms with E-state index in [1.54, 1.807) is 0 Å². The van der Waals surface area contributed by atoms with E-state index in [4.69, 9.17) is 4.42 Å². The van der Waals surface area contributed by atoms with Gasteiger partial charge in [-0.15, -0.1) is 0 Å². The van der Waals surface area contributed by atoms with Crippen LogP contribution in [0.4, 0.5) is 0 Å². The first kappa shape index (κ1) is 14.3.